The molecule has 7 nitrogen and oxygen atoms in total. The molecule has 1 unspecified atom stereocenters. The van der Waals surface area contributed by atoms with Crippen molar-refractivity contribution in [1.29, 1.82) is 0 Å². The first-order valence-corrected chi connectivity index (χ1v) is 8.97. The number of anilines is 3. The van der Waals surface area contributed by atoms with E-state index in [1.807, 2.05) is 0 Å². The largest absolute Gasteiger partial charge is 0.360 e. The van der Waals surface area contributed by atoms with Crippen molar-refractivity contribution in [3.8, 4) is 0 Å². The Morgan fingerprint density at radius 3 is 2.88 bits per heavy atom. The second-order valence-corrected chi connectivity index (χ2v) is 7.62. The Balaban J connectivity index is 1.59. The predicted molar refractivity (Wildman–Crippen MR) is 94.8 cm³/mol. The van der Waals surface area contributed by atoms with Gasteiger partial charge in [-0.15, -0.1) is 10.2 Å². The summed E-state index contributed by atoms with van der Waals surface area (Å²) in [5.41, 5.74) is 0.322. The molecule has 130 valence electrons. The number of carbonyl (C=O) groups excluding carboxylic acids is 1. The summed E-state index contributed by atoms with van der Waals surface area (Å²) in [6.45, 7) is 3.49. The zero-order valence-electron chi connectivity index (χ0n) is 13.3. The van der Waals surface area contributed by atoms with Gasteiger partial charge in [-0.25, -0.2) is 4.39 Å². The summed E-state index contributed by atoms with van der Waals surface area (Å²) in [5.74, 6) is 0.386. The van der Waals surface area contributed by atoms with E-state index in [4.69, 9.17) is 4.52 Å². The minimum absolute atomic E-state index is 0.225. The van der Waals surface area contributed by atoms with E-state index in [-0.39, 0.29) is 11.7 Å². The van der Waals surface area contributed by atoms with Crippen LogP contribution < -0.4 is 10.6 Å². The van der Waals surface area contributed by atoms with Crippen molar-refractivity contribution in [2.45, 2.75) is 23.4 Å². The molecule has 0 spiro atoms. The Morgan fingerprint density at radius 1 is 1.36 bits per heavy atom. The van der Waals surface area contributed by atoms with Crippen LogP contribution in [0.1, 0.15) is 12.7 Å². The molecule has 0 saturated carbocycles. The fraction of sp³-hybridized carbons (Fsp3) is 0.200. The van der Waals surface area contributed by atoms with Gasteiger partial charge in [-0.1, -0.05) is 40.4 Å². The highest BCUT2D eigenvalue weighted by molar-refractivity contribution is 8.02. The van der Waals surface area contributed by atoms with Gasteiger partial charge >= 0.3 is 0 Å². The fourth-order valence-corrected chi connectivity index (χ4v) is 3.75. The minimum atomic E-state index is -0.411. The van der Waals surface area contributed by atoms with Gasteiger partial charge in [0, 0.05) is 6.07 Å². The molecule has 10 heteroatoms. The van der Waals surface area contributed by atoms with Gasteiger partial charge in [-0.3, -0.25) is 4.79 Å². The number of benzene rings is 1. The van der Waals surface area contributed by atoms with Crippen LogP contribution in [0.3, 0.4) is 0 Å². The number of nitrogens with one attached hydrogen (secondary N) is 2. The lowest BCUT2D eigenvalue weighted by atomic mass is 10.3. The van der Waals surface area contributed by atoms with Crippen molar-refractivity contribution >= 4 is 45.6 Å². The van der Waals surface area contributed by atoms with Crippen LogP contribution in [0.25, 0.3) is 0 Å². The molecular weight excluding hydrogens is 365 g/mol. The van der Waals surface area contributed by atoms with Crippen LogP contribution in [0, 0.1) is 12.7 Å². The Morgan fingerprint density at radius 2 is 2.16 bits per heavy atom. The van der Waals surface area contributed by atoms with Gasteiger partial charge in [0.25, 0.3) is 0 Å². The summed E-state index contributed by atoms with van der Waals surface area (Å²) >= 11 is 2.50. The number of thioether (sulfide) groups is 1. The van der Waals surface area contributed by atoms with E-state index in [0.29, 0.717) is 26.7 Å². The van der Waals surface area contributed by atoms with Crippen LogP contribution in [-0.2, 0) is 4.79 Å². The first kappa shape index (κ1) is 17.4. The highest BCUT2D eigenvalue weighted by Gasteiger charge is 2.18. The normalized spacial score (nSPS) is 12.0. The van der Waals surface area contributed by atoms with Crippen LogP contribution in [0.15, 0.2) is 39.2 Å². The van der Waals surface area contributed by atoms with E-state index >= 15 is 0 Å². The van der Waals surface area contributed by atoms with E-state index in [9.17, 15) is 9.18 Å². The summed E-state index contributed by atoms with van der Waals surface area (Å²) in [6, 6.07) is 7.94. The van der Waals surface area contributed by atoms with Gasteiger partial charge < -0.3 is 15.2 Å². The lowest BCUT2D eigenvalue weighted by molar-refractivity contribution is -0.115. The van der Waals surface area contributed by atoms with Crippen molar-refractivity contribution in [3.63, 3.8) is 0 Å². The number of nitrogens with zero attached hydrogens (tertiary/aromatic N) is 3. The standard InChI is InChI=1S/C15H14FN5O2S2/c1-8-7-12(21-23-8)18-13(22)9(2)24-15-20-19-14(25-15)17-11-6-4-3-5-10(11)16/h3-7,9H,1-2H3,(H,17,19)(H,18,21,22). The molecule has 0 saturated heterocycles. The van der Waals surface area contributed by atoms with Gasteiger partial charge in [-0.05, 0) is 26.0 Å². The van der Waals surface area contributed by atoms with Crippen molar-refractivity contribution in [2.75, 3.05) is 10.6 Å². The third-order valence-corrected chi connectivity index (χ3v) is 5.07. The van der Waals surface area contributed by atoms with Crippen LogP contribution >= 0.6 is 23.1 Å². The van der Waals surface area contributed by atoms with Gasteiger partial charge in [0.05, 0.1) is 10.9 Å². The first-order chi connectivity index (χ1) is 12.0. The van der Waals surface area contributed by atoms with Gasteiger partial charge in [0.1, 0.15) is 11.6 Å². The maximum absolute atomic E-state index is 13.6. The quantitative estimate of drug-likeness (QED) is 0.629. The SMILES string of the molecule is Cc1cc(NC(=O)C(C)Sc2nnc(Nc3ccccc3F)s2)no1. The average Bonchev–Trinajstić information content (AvgIpc) is 3.18. The molecular formula is C15H14FN5O2S2. The summed E-state index contributed by atoms with van der Waals surface area (Å²) < 4.78 is 19.1. The van der Waals surface area contributed by atoms with Crippen LogP contribution in [0.2, 0.25) is 0 Å². The zero-order valence-corrected chi connectivity index (χ0v) is 14.9. The lowest BCUT2D eigenvalue weighted by Crippen LogP contribution is -2.22. The fourth-order valence-electron chi connectivity index (χ4n) is 1.84. The number of halogens is 1. The highest BCUT2D eigenvalue weighted by Crippen LogP contribution is 2.31. The summed E-state index contributed by atoms with van der Waals surface area (Å²) in [4.78, 5) is 12.1. The lowest BCUT2D eigenvalue weighted by Gasteiger charge is -2.07. The molecule has 2 N–H and O–H groups in total. The Bertz CT molecular complexity index is 882. The Hall–Kier alpha value is -2.46. The molecule has 0 aliphatic heterocycles. The first-order valence-electron chi connectivity index (χ1n) is 7.27. The number of amides is 1. The van der Waals surface area contributed by atoms with Gasteiger partial charge in [0.15, 0.2) is 10.2 Å². The second kappa shape index (κ2) is 7.62. The number of para-hydroxylation sites is 1. The van der Waals surface area contributed by atoms with Gasteiger partial charge in [-0.2, -0.15) is 0 Å². The highest BCUT2D eigenvalue weighted by atomic mass is 32.2. The third kappa shape index (κ3) is 4.54. The second-order valence-electron chi connectivity index (χ2n) is 5.05. The zero-order chi connectivity index (χ0) is 17.8. The van der Waals surface area contributed by atoms with E-state index in [1.165, 1.54) is 29.2 Å². The average molecular weight is 379 g/mol. The van der Waals surface area contributed by atoms with Crippen LogP contribution in [0.5, 0.6) is 0 Å². The number of aryl methyl sites for hydroxylation is 1. The molecule has 0 bridgehead atoms. The Kier molecular flexibility index (Phi) is 5.29. The number of hydrogen-bond donors (Lipinski definition) is 2. The van der Waals surface area contributed by atoms with Crippen molar-refractivity contribution in [2.24, 2.45) is 0 Å². The number of carbonyl (C=O) groups is 1. The monoisotopic (exact) mass is 379 g/mol. The molecule has 3 rings (SSSR count). The maximum atomic E-state index is 13.6. The molecule has 1 amide bonds. The number of rotatable bonds is 6. The van der Waals surface area contributed by atoms with E-state index in [2.05, 4.69) is 26.0 Å². The van der Waals surface area contributed by atoms with Gasteiger partial charge in [0.2, 0.25) is 11.0 Å². The smallest absolute Gasteiger partial charge is 0.238 e. The molecule has 1 aromatic carbocycles. The van der Waals surface area contributed by atoms with Crippen molar-refractivity contribution in [3.05, 3.63) is 41.9 Å². The van der Waals surface area contributed by atoms with E-state index < -0.39 is 5.25 Å². The van der Waals surface area contributed by atoms with Crippen LogP contribution in [0.4, 0.5) is 21.0 Å². The van der Waals surface area contributed by atoms with Crippen molar-refractivity contribution in [1.82, 2.24) is 15.4 Å². The molecule has 25 heavy (non-hydrogen) atoms. The van der Waals surface area contributed by atoms with E-state index in [1.54, 1.807) is 38.1 Å². The van der Waals surface area contributed by atoms with Crippen molar-refractivity contribution < 1.29 is 13.7 Å². The molecule has 0 fully saturated rings. The summed E-state index contributed by atoms with van der Waals surface area (Å²) in [6.07, 6.45) is 0. The molecule has 1 atom stereocenters. The number of aromatic nitrogens is 3. The predicted octanol–water partition coefficient (Wildman–Crippen LogP) is 3.84. The molecule has 2 aromatic heterocycles. The van der Waals surface area contributed by atoms with E-state index in [0.717, 1.165) is 0 Å². The molecule has 3 aromatic rings. The van der Waals surface area contributed by atoms with Crippen LogP contribution in [-0.4, -0.2) is 26.5 Å². The topological polar surface area (TPSA) is 92.9 Å². The molecule has 2 heterocycles. The maximum Gasteiger partial charge on any atom is 0.238 e. The Labute approximate surface area is 151 Å². The summed E-state index contributed by atoms with van der Waals surface area (Å²) in [7, 11) is 0. The summed E-state index contributed by atoms with van der Waals surface area (Å²) in [5, 5.41) is 17.3. The molecule has 0 radical (unpaired) electrons. The molecule has 0 aliphatic carbocycles. The number of hydrogen-bond acceptors (Lipinski definition) is 8. The minimum Gasteiger partial charge on any atom is -0.360 e. The third-order valence-electron chi connectivity index (χ3n) is 3.05. The molecule has 0 aliphatic rings.